The lowest BCUT2D eigenvalue weighted by atomic mass is 10.0. The fourth-order valence-electron chi connectivity index (χ4n) is 2.70. The van der Waals surface area contributed by atoms with Gasteiger partial charge in [-0.05, 0) is 18.6 Å². The molecule has 1 atom stereocenters. The second-order valence-corrected chi connectivity index (χ2v) is 6.45. The van der Waals surface area contributed by atoms with Crippen LogP contribution in [0.2, 0.25) is 0 Å². The summed E-state index contributed by atoms with van der Waals surface area (Å²) in [6.45, 7) is 5.91. The van der Waals surface area contributed by atoms with Crippen LogP contribution in [-0.2, 0) is 22.6 Å². The molecule has 0 spiro atoms. The van der Waals surface area contributed by atoms with E-state index in [0.29, 0.717) is 6.54 Å². The number of benzene rings is 1. The summed E-state index contributed by atoms with van der Waals surface area (Å²) < 4.78 is 1.53. The molecule has 150 valence electrons. The number of carbonyl (C=O) groups is 3. The van der Waals surface area contributed by atoms with E-state index in [1.54, 1.807) is 18.2 Å². The summed E-state index contributed by atoms with van der Waals surface area (Å²) in [5.41, 5.74) is 7.21. The maximum atomic E-state index is 12.8. The molecule has 1 aromatic heterocycles. The average molecular weight is 392 g/mol. The summed E-state index contributed by atoms with van der Waals surface area (Å²) in [4.78, 5) is 36.4. The van der Waals surface area contributed by atoms with Crippen molar-refractivity contribution in [2.24, 2.45) is 5.73 Å². The van der Waals surface area contributed by atoms with Crippen molar-refractivity contribution in [1.82, 2.24) is 15.1 Å². The highest BCUT2D eigenvalue weighted by Crippen LogP contribution is 2.08. The van der Waals surface area contributed by atoms with Crippen molar-refractivity contribution in [3.8, 4) is 0 Å². The molecule has 0 radical (unpaired) electrons. The fourth-order valence-corrected chi connectivity index (χ4v) is 2.70. The third-order valence-corrected chi connectivity index (χ3v) is 4.12. The lowest BCUT2D eigenvalue weighted by Crippen LogP contribution is -2.47. The van der Waals surface area contributed by atoms with Gasteiger partial charge in [0.1, 0.15) is 11.7 Å². The first-order valence-electron chi connectivity index (χ1n) is 9.07. The Balaban J connectivity index is 2.17. The van der Waals surface area contributed by atoms with E-state index < -0.39 is 23.6 Å². The third-order valence-electron chi connectivity index (χ3n) is 4.12. The number of nitrogens with zero attached hydrogens (tertiary/aromatic N) is 2. The Morgan fingerprint density at radius 2 is 1.93 bits per heavy atom. The molecule has 1 unspecified atom stereocenters. The maximum absolute atomic E-state index is 12.8. The molecule has 0 saturated heterocycles. The maximum Gasteiger partial charge on any atom is 0.287 e. The molecule has 2 rings (SSSR count). The molecule has 2 aromatic rings. The van der Waals surface area contributed by atoms with Gasteiger partial charge in [0.15, 0.2) is 0 Å². The molecule has 3 N–H and O–H groups in total. The SMILES string of the molecule is C=C/C=C\C=C(/C)Cn1nccc1C(=O)NC(Cc1ccccc1)C(=O)C(N)=O. The highest BCUT2D eigenvalue weighted by molar-refractivity contribution is 6.38. The number of nitrogens with one attached hydrogen (secondary N) is 1. The van der Waals surface area contributed by atoms with Crippen LogP contribution in [0.5, 0.6) is 0 Å². The minimum absolute atomic E-state index is 0.160. The van der Waals surface area contributed by atoms with Crippen LogP contribution in [0.15, 0.2) is 79.1 Å². The number of aromatic nitrogens is 2. The standard InChI is InChI=1S/C22H24N4O3/c1-3-4-6-9-16(2)15-26-19(12-13-24-26)22(29)25-18(20(27)21(23)28)14-17-10-7-5-8-11-17/h3-13,18H,1,14-15H2,2H3,(H2,23,28)(H,25,29)/b6-4-,16-9+. The molecule has 0 aliphatic heterocycles. The monoisotopic (exact) mass is 392 g/mol. The van der Waals surface area contributed by atoms with E-state index in [-0.39, 0.29) is 12.1 Å². The van der Waals surface area contributed by atoms with E-state index in [1.807, 2.05) is 49.4 Å². The average Bonchev–Trinajstić information content (AvgIpc) is 3.16. The van der Waals surface area contributed by atoms with Crippen molar-refractivity contribution in [1.29, 1.82) is 0 Å². The molecule has 7 heteroatoms. The molecule has 2 amide bonds. The van der Waals surface area contributed by atoms with Crippen LogP contribution in [-0.4, -0.2) is 33.4 Å². The number of allylic oxidation sites excluding steroid dienone is 5. The van der Waals surface area contributed by atoms with E-state index in [2.05, 4.69) is 17.0 Å². The molecule has 0 bridgehead atoms. The molecule has 0 fully saturated rings. The predicted octanol–water partition coefficient (Wildman–Crippen LogP) is 1.97. The van der Waals surface area contributed by atoms with E-state index in [9.17, 15) is 14.4 Å². The number of hydrogen-bond acceptors (Lipinski definition) is 4. The summed E-state index contributed by atoms with van der Waals surface area (Å²) in [5, 5.41) is 6.79. The van der Waals surface area contributed by atoms with Gasteiger partial charge in [0.25, 0.3) is 11.8 Å². The molecular formula is C22H24N4O3. The van der Waals surface area contributed by atoms with Crippen molar-refractivity contribution in [3.05, 3.63) is 90.3 Å². The quantitative estimate of drug-likeness (QED) is 0.476. The zero-order chi connectivity index (χ0) is 21.2. The zero-order valence-electron chi connectivity index (χ0n) is 16.2. The Morgan fingerprint density at radius 3 is 2.59 bits per heavy atom. The molecule has 7 nitrogen and oxygen atoms in total. The van der Waals surface area contributed by atoms with Crippen LogP contribution >= 0.6 is 0 Å². The second kappa shape index (κ2) is 10.6. The zero-order valence-corrected chi connectivity index (χ0v) is 16.2. The molecule has 0 aliphatic carbocycles. The van der Waals surface area contributed by atoms with E-state index in [4.69, 9.17) is 5.73 Å². The molecule has 0 saturated carbocycles. The minimum Gasteiger partial charge on any atom is -0.363 e. The van der Waals surface area contributed by atoms with Gasteiger partial charge in [-0.15, -0.1) is 0 Å². The third kappa shape index (κ3) is 6.42. The fraction of sp³-hybridized carbons (Fsp3) is 0.182. The van der Waals surface area contributed by atoms with Crippen LogP contribution in [0.1, 0.15) is 23.0 Å². The molecule has 29 heavy (non-hydrogen) atoms. The van der Waals surface area contributed by atoms with Crippen molar-refractivity contribution >= 4 is 17.6 Å². The van der Waals surface area contributed by atoms with Gasteiger partial charge in [0.05, 0.1) is 6.54 Å². The number of rotatable bonds is 10. The number of primary amides is 1. The minimum atomic E-state index is -1.09. The largest absolute Gasteiger partial charge is 0.363 e. The van der Waals surface area contributed by atoms with Crippen molar-refractivity contribution < 1.29 is 14.4 Å². The molecule has 1 aromatic carbocycles. The van der Waals surface area contributed by atoms with E-state index in [0.717, 1.165) is 11.1 Å². The molecular weight excluding hydrogens is 368 g/mol. The summed E-state index contributed by atoms with van der Waals surface area (Å²) in [5.74, 6) is -2.45. The van der Waals surface area contributed by atoms with Crippen LogP contribution in [0.4, 0.5) is 0 Å². The van der Waals surface area contributed by atoms with Gasteiger partial charge in [-0.25, -0.2) is 0 Å². The van der Waals surface area contributed by atoms with Gasteiger partial charge in [0, 0.05) is 12.6 Å². The van der Waals surface area contributed by atoms with Gasteiger partial charge >= 0.3 is 0 Å². The Hall–Kier alpha value is -3.74. The topological polar surface area (TPSA) is 107 Å². The van der Waals surface area contributed by atoms with Crippen molar-refractivity contribution in [2.45, 2.75) is 25.9 Å². The first kappa shape index (κ1) is 21.6. The van der Waals surface area contributed by atoms with E-state index in [1.165, 1.54) is 10.9 Å². The van der Waals surface area contributed by atoms with Crippen molar-refractivity contribution in [2.75, 3.05) is 0 Å². The number of carbonyl (C=O) groups excluding carboxylic acids is 3. The lowest BCUT2D eigenvalue weighted by molar-refractivity contribution is -0.137. The van der Waals surface area contributed by atoms with Gasteiger partial charge in [0.2, 0.25) is 5.78 Å². The molecule has 1 heterocycles. The molecule has 0 aliphatic rings. The number of amides is 2. The van der Waals surface area contributed by atoms with Gasteiger partial charge < -0.3 is 11.1 Å². The lowest BCUT2D eigenvalue weighted by Gasteiger charge is -2.17. The van der Waals surface area contributed by atoms with Crippen LogP contribution in [0.3, 0.4) is 0 Å². The van der Waals surface area contributed by atoms with Crippen LogP contribution in [0.25, 0.3) is 0 Å². The number of hydrogen-bond donors (Lipinski definition) is 2. The number of Topliss-reactive ketones (excluding diaryl/α,β-unsaturated/α-hetero) is 1. The Kier molecular flexibility index (Phi) is 7.85. The Bertz CT molecular complexity index is 942. The summed E-state index contributed by atoms with van der Waals surface area (Å²) >= 11 is 0. The Labute approximate surface area is 169 Å². The number of nitrogens with two attached hydrogens (primary N) is 1. The highest BCUT2D eigenvalue weighted by Gasteiger charge is 2.26. The summed E-state index contributed by atoms with van der Waals surface area (Å²) in [6.07, 6.45) is 8.85. The van der Waals surface area contributed by atoms with Crippen LogP contribution < -0.4 is 11.1 Å². The normalized spacial score (nSPS) is 12.5. The van der Waals surface area contributed by atoms with Gasteiger partial charge in [-0.3, -0.25) is 19.1 Å². The summed E-state index contributed by atoms with van der Waals surface area (Å²) in [6, 6.07) is 9.58. The van der Waals surface area contributed by atoms with Gasteiger partial charge in [-0.2, -0.15) is 5.10 Å². The predicted molar refractivity (Wildman–Crippen MR) is 111 cm³/mol. The highest BCUT2D eigenvalue weighted by atomic mass is 16.2. The summed E-state index contributed by atoms with van der Waals surface area (Å²) in [7, 11) is 0. The van der Waals surface area contributed by atoms with Crippen LogP contribution in [0, 0.1) is 0 Å². The smallest absolute Gasteiger partial charge is 0.287 e. The first-order valence-corrected chi connectivity index (χ1v) is 9.07. The van der Waals surface area contributed by atoms with Crippen molar-refractivity contribution in [3.63, 3.8) is 0 Å². The van der Waals surface area contributed by atoms with Gasteiger partial charge in [-0.1, -0.05) is 66.8 Å². The second-order valence-electron chi connectivity index (χ2n) is 6.45. The Morgan fingerprint density at radius 1 is 1.21 bits per heavy atom. The first-order chi connectivity index (χ1) is 13.9. The van der Waals surface area contributed by atoms with E-state index >= 15 is 0 Å². The number of ketones is 1.